The fourth-order valence-electron chi connectivity index (χ4n) is 2.90. The van der Waals surface area contributed by atoms with E-state index in [4.69, 9.17) is 5.11 Å². The third-order valence-electron chi connectivity index (χ3n) is 4.23. The summed E-state index contributed by atoms with van der Waals surface area (Å²) in [5.41, 5.74) is 2.21. The van der Waals surface area contributed by atoms with Gasteiger partial charge in [0.15, 0.2) is 0 Å². The Hall–Kier alpha value is -2.17. The molecule has 1 aliphatic rings. The first kappa shape index (κ1) is 13.8. The van der Waals surface area contributed by atoms with Gasteiger partial charge in [0.1, 0.15) is 12.1 Å². The molecule has 1 saturated heterocycles. The van der Waals surface area contributed by atoms with E-state index in [0.717, 1.165) is 36.2 Å². The Labute approximate surface area is 123 Å². The van der Waals surface area contributed by atoms with Crippen molar-refractivity contribution in [2.24, 2.45) is 5.92 Å². The van der Waals surface area contributed by atoms with Gasteiger partial charge in [-0.3, -0.25) is 4.79 Å². The maximum Gasteiger partial charge on any atom is 0.306 e. The first-order valence-corrected chi connectivity index (χ1v) is 7.40. The topological polar surface area (TPSA) is 66.3 Å². The summed E-state index contributed by atoms with van der Waals surface area (Å²) in [5, 5.41) is 10.2. The molecule has 110 valence electrons. The molecule has 0 unspecified atom stereocenters. The fourth-order valence-corrected chi connectivity index (χ4v) is 2.90. The molecule has 1 aromatic carbocycles. The molecule has 0 bridgehead atoms. The molecule has 0 atom stereocenters. The van der Waals surface area contributed by atoms with Crippen LogP contribution in [0.15, 0.2) is 24.5 Å². The average Bonchev–Trinajstić information content (AvgIpc) is 2.54. The van der Waals surface area contributed by atoms with Crippen LogP contribution >= 0.6 is 0 Å². The van der Waals surface area contributed by atoms with Crippen molar-refractivity contribution in [3.05, 3.63) is 30.1 Å². The lowest BCUT2D eigenvalue weighted by Gasteiger charge is -2.31. The van der Waals surface area contributed by atoms with Crippen LogP contribution < -0.4 is 4.90 Å². The molecule has 0 saturated carbocycles. The minimum absolute atomic E-state index is 0.222. The van der Waals surface area contributed by atoms with Crippen LogP contribution in [0, 0.1) is 5.92 Å². The highest BCUT2D eigenvalue weighted by atomic mass is 16.4. The molecular weight excluding hydrogens is 266 g/mol. The van der Waals surface area contributed by atoms with E-state index in [2.05, 4.69) is 33.9 Å². The zero-order valence-corrected chi connectivity index (χ0v) is 12.1. The van der Waals surface area contributed by atoms with Gasteiger partial charge < -0.3 is 10.0 Å². The highest BCUT2D eigenvalue weighted by molar-refractivity contribution is 5.90. The summed E-state index contributed by atoms with van der Waals surface area (Å²) in [6, 6.07) is 6.27. The summed E-state index contributed by atoms with van der Waals surface area (Å²) in [4.78, 5) is 22.0. The largest absolute Gasteiger partial charge is 0.481 e. The molecule has 0 aliphatic carbocycles. The lowest BCUT2D eigenvalue weighted by molar-refractivity contribution is -0.142. The quantitative estimate of drug-likeness (QED) is 0.938. The lowest BCUT2D eigenvalue weighted by Crippen LogP contribution is -2.36. The standard InChI is InChI=1S/C16H19N3O2/c1-2-11-3-4-14-13(9-11)15(18-10-17-14)19-7-5-12(6-8-19)16(20)21/h3-4,9-10,12H,2,5-8H2,1H3,(H,20,21). The molecule has 2 aromatic rings. The predicted molar refractivity (Wildman–Crippen MR) is 81.5 cm³/mol. The molecule has 0 radical (unpaired) electrons. The second-order valence-corrected chi connectivity index (χ2v) is 5.50. The Bertz CT molecular complexity index is 664. The van der Waals surface area contributed by atoms with Crippen molar-refractivity contribution in [2.75, 3.05) is 18.0 Å². The Morgan fingerprint density at radius 1 is 1.33 bits per heavy atom. The van der Waals surface area contributed by atoms with Crippen LogP contribution in [0.3, 0.4) is 0 Å². The molecule has 1 aliphatic heterocycles. The molecule has 5 nitrogen and oxygen atoms in total. The summed E-state index contributed by atoms with van der Waals surface area (Å²) in [5.74, 6) is 0.0233. The SMILES string of the molecule is CCc1ccc2ncnc(N3CCC(C(=O)O)CC3)c2c1. The number of hydrogen-bond acceptors (Lipinski definition) is 4. The van der Waals surface area contributed by atoms with Gasteiger partial charge in [-0.2, -0.15) is 0 Å². The third kappa shape index (κ3) is 2.68. The maximum atomic E-state index is 11.0. The van der Waals surface area contributed by atoms with Crippen molar-refractivity contribution in [1.82, 2.24) is 9.97 Å². The van der Waals surface area contributed by atoms with Crippen molar-refractivity contribution in [3.63, 3.8) is 0 Å². The molecular formula is C16H19N3O2. The van der Waals surface area contributed by atoms with Gasteiger partial charge in [0, 0.05) is 18.5 Å². The van der Waals surface area contributed by atoms with E-state index < -0.39 is 5.97 Å². The highest BCUT2D eigenvalue weighted by Crippen LogP contribution is 2.28. The number of aromatic nitrogens is 2. The molecule has 1 N–H and O–H groups in total. The Morgan fingerprint density at radius 2 is 2.10 bits per heavy atom. The normalized spacial score (nSPS) is 16.3. The predicted octanol–water partition coefficient (Wildman–Crippen LogP) is 2.49. The van der Waals surface area contributed by atoms with Crippen LogP contribution in [-0.2, 0) is 11.2 Å². The van der Waals surface area contributed by atoms with Gasteiger partial charge in [-0.05, 0) is 37.0 Å². The number of hydrogen-bond donors (Lipinski definition) is 1. The van der Waals surface area contributed by atoms with Gasteiger partial charge in [0.2, 0.25) is 0 Å². The molecule has 1 fully saturated rings. The lowest BCUT2D eigenvalue weighted by atomic mass is 9.97. The highest BCUT2D eigenvalue weighted by Gasteiger charge is 2.25. The molecule has 1 aromatic heterocycles. The maximum absolute atomic E-state index is 11.0. The number of piperidine rings is 1. The number of carbonyl (C=O) groups is 1. The van der Waals surface area contributed by atoms with Crippen LogP contribution in [0.5, 0.6) is 0 Å². The summed E-state index contributed by atoms with van der Waals surface area (Å²) < 4.78 is 0. The van der Waals surface area contributed by atoms with Crippen LogP contribution in [0.1, 0.15) is 25.3 Å². The molecule has 3 rings (SSSR count). The van der Waals surface area contributed by atoms with Crippen LogP contribution in [0.2, 0.25) is 0 Å². The summed E-state index contributed by atoms with van der Waals surface area (Å²) in [7, 11) is 0. The smallest absolute Gasteiger partial charge is 0.306 e. The van der Waals surface area contributed by atoms with Gasteiger partial charge in [0.25, 0.3) is 0 Å². The third-order valence-corrected chi connectivity index (χ3v) is 4.23. The minimum atomic E-state index is -0.685. The molecule has 0 spiro atoms. The van der Waals surface area contributed by atoms with Crippen molar-refractivity contribution < 1.29 is 9.90 Å². The van der Waals surface area contributed by atoms with Crippen molar-refractivity contribution in [2.45, 2.75) is 26.2 Å². The first-order chi connectivity index (χ1) is 10.2. The second-order valence-electron chi connectivity index (χ2n) is 5.50. The van der Waals surface area contributed by atoms with E-state index >= 15 is 0 Å². The first-order valence-electron chi connectivity index (χ1n) is 7.40. The number of anilines is 1. The fraction of sp³-hybridized carbons (Fsp3) is 0.438. The van der Waals surface area contributed by atoms with Crippen LogP contribution in [-0.4, -0.2) is 34.1 Å². The number of aliphatic carboxylic acids is 1. The molecule has 0 amide bonds. The number of carboxylic acid groups (broad SMARTS) is 1. The van der Waals surface area contributed by atoms with Crippen molar-refractivity contribution in [3.8, 4) is 0 Å². The van der Waals surface area contributed by atoms with E-state index in [1.54, 1.807) is 6.33 Å². The van der Waals surface area contributed by atoms with Gasteiger partial charge >= 0.3 is 5.97 Å². The monoisotopic (exact) mass is 285 g/mol. The number of nitrogens with zero attached hydrogens (tertiary/aromatic N) is 3. The Balaban J connectivity index is 1.92. The number of rotatable bonds is 3. The van der Waals surface area contributed by atoms with Crippen molar-refractivity contribution in [1.29, 1.82) is 0 Å². The van der Waals surface area contributed by atoms with E-state index in [1.165, 1.54) is 5.56 Å². The molecule has 2 heterocycles. The van der Waals surface area contributed by atoms with E-state index in [1.807, 2.05) is 6.07 Å². The average molecular weight is 285 g/mol. The number of fused-ring (bicyclic) bond motifs is 1. The molecule has 5 heteroatoms. The van der Waals surface area contributed by atoms with E-state index in [9.17, 15) is 4.79 Å². The number of carboxylic acids is 1. The number of benzene rings is 1. The van der Waals surface area contributed by atoms with Crippen molar-refractivity contribution >= 4 is 22.7 Å². The van der Waals surface area contributed by atoms with Gasteiger partial charge in [-0.25, -0.2) is 9.97 Å². The Morgan fingerprint density at radius 3 is 2.76 bits per heavy atom. The summed E-state index contributed by atoms with van der Waals surface area (Å²) in [6.45, 7) is 3.60. The van der Waals surface area contributed by atoms with E-state index in [-0.39, 0.29) is 5.92 Å². The minimum Gasteiger partial charge on any atom is -0.481 e. The van der Waals surface area contributed by atoms with Crippen LogP contribution in [0.25, 0.3) is 10.9 Å². The van der Waals surface area contributed by atoms with Gasteiger partial charge in [-0.1, -0.05) is 13.0 Å². The summed E-state index contributed by atoms with van der Waals surface area (Å²) >= 11 is 0. The Kier molecular flexibility index (Phi) is 3.73. The van der Waals surface area contributed by atoms with Crippen LogP contribution in [0.4, 0.5) is 5.82 Å². The molecule has 21 heavy (non-hydrogen) atoms. The van der Waals surface area contributed by atoms with E-state index in [0.29, 0.717) is 12.8 Å². The zero-order chi connectivity index (χ0) is 14.8. The summed E-state index contributed by atoms with van der Waals surface area (Å²) in [6.07, 6.45) is 3.92. The zero-order valence-electron chi connectivity index (χ0n) is 12.1. The van der Waals surface area contributed by atoms with Gasteiger partial charge in [0.05, 0.1) is 11.4 Å². The van der Waals surface area contributed by atoms with Gasteiger partial charge in [-0.15, -0.1) is 0 Å². The second kappa shape index (κ2) is 5.68. The number of aryl methyl sites for hydroxylation is 1.